The lowest BCUT2D eigenvalue weighted by Gasteiger charge is -2.57. The molecule has 0 radical (unpaired) electrons. The van der Waals surface area contributed by atoms with Crippen LogP contribution < -0.4 is 4.74 Å². The molecule has 198 valence electrons. The van der Waals surface area contributed by atoms with Crippen LogP contribution in [0.25, 0.3) is 17.3 Å². The van der Waals surface area contributed by atoms with Crippen molar-refractivity contribution < 1.29 is 19.2 Å². The Bertz CT molecular complexity index is 1400. The molecule has 3 aromatic rings. The number of ether oxygens (including phenoxy) is 1. The molecule has 4 fully saturated rings. The van der Waals surface area contributed by atoms with Gasteiger partial charge in [0.25, 0.3) is 0 Å². The predicted molar refractivity (Wildman–Crippen MR) is 142 cm³/mol. The topological polar surface area (TPSA) is 103 Å². The second-order valence-electron chi connectivity index (χ2n) is 11.5. The van der Waals surface area contributed by atoms with Gasteiger partial charge in [0.1, 0.15) is 11.5 Å². The third kappa shape index (κ3) is 4.41. The summed E-state index contributed by atoms with van der Waals surface area (Å²) in [4.78, 5) is 15.4. The molecule has 0 saturated heterocycles. The number of carbonyl (C=O) groups is 1. The van der Waals surface area contributed by atoms with E-state index in [1.807, 2.05) is 0 Å². The van der Waals surface area contributed by atoms with E-state index in [0.717, 1.165) is 49.8 Å². The normalized spacial score (nSPS) is 26.5. The Labute approximate surface area is 230 Å². The summed E-state index contributed by atoms with van der Waals surface area (Å²) >= 11 is 12.9. The summed E-state index contributed by atoms with van der Waals surface area (Å²) in [6.45, 7) is 0.613. The van der Waals surface area contributed by atoms with Crippen LogP contribution in [0.15, 0.2) is 29.1 Å². The molecule has 3 aromatic heterocycles. The lowest BCUT2D eigenvalue weighted by molar-refractivity contribution is -0.0665. The van der Waals surface area contributed by atoms with Crippen molar-refractivity contribution in [2.45, 2.75) is 63.3 Å². The summed E-state index contributed by atoms with van der Waals surface area (Å²) in [7, 11) is 0. The van der Waals surface area contributed by atoms with Crippen LogP contribution in [-0.4, -0.2) is 37.6 Å². The summed E-state index contributed by atoms with van der Waals surface area (Å²) in [5.74, 6) is 1.93. The van der Waals surface area contributed by atoms with Crippen molar-refractivity contribution in [3.8, 4) is 17.1 Å². The van der Waals surface area contributed by atoms with E-state index < -0.39 is 5.97 Å². The third-order valence-electron chi connectivity index (χ3n) is 8.44. The zero-order chi connectivity index (χ0) is 26.0. The zero-order valence-electron chi connectivity index (χ0n) is 20.8. The SMILES string of the molecule is O=C(O)c1cc(OCC2CC3(CC(/C=C/c4c(-c5c(Cl)cncc5Cl)noc4C4CC4)C3)C2)n(C2CC2)n1. The average molecular weight is 555 g/mol. The van der Waals surface area contributed by atoms with Gasteiger partial charge in [0, 0.05) is 35.5 Å². The van der Waals surface area contributed by atoms with Gasteiger partial charge in [-0.25, -0.2) is 9.48 Å². The molecule has 0 atom stereocenters. The Morgan fingerprint density at radius 3 is 2.55 bits per heavy atom. The fraction of sp³-hybridized carbons (Fsp3) is 0.500. The third-order valence-corrected chi connectivity index (χ3v) is 9.02. The fourth-order valence-corrected chi connectivity index (χ4v) is 6.88. The number of hydrogen-bond donors (Lipinski definition) is 1. The van der Waals surface area contributed by atoms with Gasteiger partial charge in [-0.3, -0.25) is 4.98 Å². The second kappa shape index (κ2) is 9.12. The van der Waals surface area contributed by atoms with Crippen molar-refractivity contribution in [1.29, 1.82) is 0 Å². The molecule has 3 heterocycles. The van der Waals surface area contributed by atoms with E-state index in [-0.39, 0.29) is 11.7 Å². The summed E-state index contributed by atoms with van der Waals surface area (Å²) in [6, 6.07) is 1.84. The van der Waals surface area contributed by atoms with Gasteiger partial charge < -0.3 is 14.4 Å². The number of pyridine rings is 1. The lowest BCUT2D eigenvalue weighted by atomic mass is 9.48. The van der Waals surface area contributed by atoms with Crippen LogP contribution in [0.1, 0.15) is 85.1 Å². The van der Waals surface area contributed by atoms with Crippen LogP contribution in [0, 0.1) is 17.3 Å². The van der Waals surface area contributed by atoms with Gasteiger partial charge in [-0.15, -0.1) is 0 Å². The predicted octanol–water partition coefficient (Wildman–Crippen LogP) is 7.05. The summed E-state index contributed by atoms with van der Waals surface area (Å²) in [6.07, 6.45) is 16.5. The highest BCUT2D eigenvalue weighted by Crippen LogP contribution is 2.61. The van der Waals surface area contributed by atoms with Gasteiger partial charge in [0.15, 0.2) is 5.69 Å². The van der Waals surface area contributed by atoms with Crippen LogP contribution in [-0.2, 0) is 0 Å². The van der Waals surface area contributed by atoms with Gasteiger partial charge in [-0.1, -0.05) is 40.5 Å². The molecule has 7 rings (SSSR count). The molecule has 0 amide bonds. The number of allylic oxidation sites excluding steroid dienone is 1. The van der Waals surface area contributed by atoms with Gasteiger partial charge in [-0.05, 0) is 68.6 Å². The maximum absolute atomic E-state index is 11.3. The van der Waals surface area contributed by atoms with E-state index >= 15 is 0 Å². The minimum atomic E-state index is -1.01. The first kappa shape index (κ1) is 24.2. The molecule has 1 N–H and O–H groups in total. The molecule has 1 spiro atoms. The van der Waals surface area contributed by atoms with Gasteiger partial charge in [-0.2, -0.15) is 5.10 Å². The van der Waals surface area contributed by atoms with Crippen LogP contribution >= 0.6 is 23.2 Å². The summed E-state index contributed by atoms with van der Waals surface area (Å²) in [5, 5.41) is 18.8. The van der Waals surface area contributed by atoms with Crippen LogP contribution in [0.2, 0.25) is 10.0 Å². The van der Waals surface area contributed by atoms with E-state index in [4.69, 9.17) is 32.5 Å². The first-order valence-corrected chi connectivity index (χ1v) is 14.1. The van der Waals surface area contributed by atoms with Gasteiger partial charge >= 0.3 is 5.97 Å². The van der Waals surface area contributed by atoms with E-state index in [2.05, 4.69) is 27.4 Å². The molecule has 0 aliphatic heterocycles. The smallest absolute Gasteiger partial charge is 0.356 e. The number of carboxylic acid groups (broad SMARTS) is 1. The molecular formula is C28H28Cl2N4O4. The van der Waals surface area contributed by atoms with Gasteiger partial charge in [0.2, 0.25) is 5.88 Å². The molecule has 4 aliphatic carbocycles. The molecular weight excluding hydrogens is 527 g/mol. The van der Waals surface area contributed by atoms with Crippen LogP contribution in [0.5, 0.6) is 5.88 Å². The van der Waals surface area contributed by atoms with Crippen molar-refractivity contribution in [2.24, 2.45) is 17.3 Å². The number of hydrogen-bond acceptors (Lipinski definition) is 6. The highest BCUT2D eigenvalue weighted by Gasteiger charge is 2.52. The molecule has 38 heavy (non-hydrogen) atoms. The number of carboxylic acids is 1. The first-order valence-electron chi connectivity index (χ1n) is 13.3. The second-order valence-corrected chi connectivity index (χ2v) is 12.3. The van der Waals surface area contributed by atoms with Crippen molar-refractivity contribution >= 4 is 35.2 Å². The Balaban J connectivity index is 0.973. The Hall–Kier alpha value is -2.84. The monoisotopic (exact) mass is 554 g/mol. The molecule has 4 aliphatic rings. The van der Waals surface area contributed by atoms with E-state index in [9.17, 15) is 9.90 Å². The quantitative estimate of drug-likeness (QED) is 0.302. The maximum Gasteiger partial charge on any atom is 0.356 e. The first-order chi connectivity index (χ1) is 18.4. The van der Waals surface area contributed by atoms with Crippen molar-refractivity contribution in [3.63, 3.8) is 0 Å². The number of halogens is 2. The number of aromatic carboxylic acids is 1. The average Bonchev–Trinajstić information content (AvgIpc) is 3.77. The molecule has 0 aromatic carbocycles. The van der Waals surface area contributed by atoms with Crippen LogP contribution in [0.3, 0.4) is 0 Å². The summed E-state index contributed by atoms with van der Waals surface area (Å²) in [5.41, 5.74) is 2.80. The zero-order valence-corrected chi connectivity index (χ0v) is 22.3. The lowest BCUT2D eigenvalue weighted by Crippen LogP contribution is -2.48. The Morgan fingerprint density at radius 2 is 1.89 bits per heavy atom. The minimum Gasteiger partial charge on any atom is -0.478 e. The van der Waals surface area contributed by atoms with Crippen molar-refractivity contribution in [1.82, 2.24) is 19.9 Å². The molecule has 10 heteroatoms. The minimum absolute atomic E-state index is 0.0555. The standard InChI is InChI=1S/C28H28Cl2N4O4/c29-20-12-31-13-21(30)24(20)25-19(26(38-33-25)17-2-3-17)6-1-15-8-28(9-15)10-16(11-28)14-37-23-7-22(27(35)36)32-34(23)18-4-5-18/h1,6-7,12-13,15-18H,2-5,8-11,14H2,(H,35,36)/b6-1+. The van der Waals surface area contributed by atoms with Crippen LogP contribution in [0.4, 0.5) is 0 Å². The number of rotatable bonds is 9. The van der Waals surface area contributed by atoms with E-state index in [0.29, 0.717) is 57.0 Å². The number of aromatic nitrogens is 4. The molecule has 8 nitrogen and oxygen atoms in total. The molecule has 4 saturated carbocycles. The fourth-order valence-electron chi connectivity index (χ4n) is 6.34. The van der Waals surface area contributed by atoms with Crippen molar-refractivity contribution in [3.05, 3.63) is 51.6 Å². The van der Waals surface area contributed by atoms with Gasteiger partial charge in [0.05, 0.1) is 22.7 Å². The highest BCUT2D eigenvalue weighted by atomic mass is 35.5. The summed E-state index contributed by atoms with van der Waals surface area (Å²) < 4.78 is 13.6. The highest BCUT2D eigenvalue weighted by molar-refractivity contribution is 6.39. The Morgan fingerprint density at radius 1 is 1.16 bits per heavy atom. The largest absolute Gasteiger partial charge is 0.478 e. The van der Waals surface area contributed by atoms with E-state index in [1.54, 1.807) is 23.1 Å². The number of nitrogens with zero attached hydrogens (tertiary/aromatic N) is 4. The Kier molecular flexibility index (Phi) is 5.82. The van der Waals surface area contributed by atoms with Crippen molar-refractivity contribution in [2.75, 3.05) is 6.61 Å². The molecule has 0 unspecified atom stereocenters. The molecule has 0 bridgehead atoms. The maximum atomic E-state index is 11.3. The van der Waals surface area contributed by atoms with E-state index in [1.165, 1.54) is 12.8 Å².